The molecule has 0 amide bonds. The Kier molecular flexibility index (Phi) is 3.44. The van der Waals surface area contributed by atoms with E-state index in [1.165, 1.54) is 29.0 Å². The van der Waals surface area contributed by atoms with Gasteiger partial charge in [-0.1, -0.05) is 22.0 Å². The lowest BCUT2D eigenvalue weighted by Crippen LogP contribution is -2.11. The van der Waals surface area contributed by atoms with E-state index >= 15 is 0 Å². The molecular formula is C15H16BrNS. The SMILES string of the molecule is Cc1cc(Br)cc(NC(c2cccs2)C2CC2)c1. The van der Waals surface area contributed by atoms with Crippen molar-refractivity contribution in [2.24, 2.45) is 5.92 Å². The minimum absolute atomic E-state index is 0.485. The van der Waals surface area contributed by atoms with Gasteiger partial charge in [-0.15, -0.1) is 11.3 Å². The van der Waals surface area contributed by atoms with E-state index in [-0.39, 0.29) is 0 Å². The number of halogens is 1. The van der Waals surface area contributed by atoms with Gasteiger partial charge in [-0.25, -0.2) is 0 Å². The van der Waals surface area contributed by atoms with Crippen LogP contribution in [-0.4, -0.2) is 0 Å². The minimum Gasteiger partial charge on any atom is -0.377 e. The summed E-state index contributed by atoms with van der Waals surface area (Å²) < 4.78 is 1.14. The Morgan fingerprint density at radius 1 is 1.33 bits per heavy atom. The lowest BCUT2D eigenvalue weighted by atomic mass is 10.1. The van der Waals surface area contributed by atoms with Crippen molar-refractivity contribution in [2.75, 3.05) is 5.32 Å². The lowest BCUT2D eigenvalue weighted by molar-refractivity contribution is 0.691. The normalized spacial score (nSPS) is 16.6. The third kappa shape index (κ3) is 2.78. The molecule has 3 rings (SSSR count). The smallest absolute Gasteiger partial charge is 0.0634 e. The first-order chi connectivity index (χ1) is 8.72. The molecule has 0 bridgehead atoms. The van der Waals surface area contributed by atoms with Crippen molar-refractivity contribution in [3.05, 3.63) is 50.6 Å². The Bertz CT molecular complexity index is 511. The maximum Gasteiger partial charge on any atom is 0.0634 e. The third-order valence-electron chi connectivity index (χ3n) is 3.31. The first-order valence-corrected chi connectivity index (χ1v) is 7.97. The van der Waals surface area contributed by atoms with E-state index in [0.717, 1.165) is 10.4 Å². The molecule has 1 N–H and O–H groups in total. The maximum atomic E-state index is 3.71. The molecule has 18 heavy (non-hydrogen) atoms. The molecular weight excluding hydrogens is 306 g/mol. The fourth-order valence-electron chi connectivity index (χ4n) is 2.32. The topological polar surface area (TPSA) is 12.0 Å². The number of rotatable bonds is 4. The highest BCUT2D eigenvalue weighted by molar-refractivity contribution is 9.10. The average Bonchev–Trinajstić information content (AvgIpc) is 3.00. The summed E-state index contributed by atoms with van der Waals surface area (Å²) in [6.45, 7) is 2.13. The molecule has 1 fully saturated rings. The zero-order valence-electron chi connectivity index (χ0n) is 10.3. The van der Waals surface area contributed by atoms with Crippen LogP contribution in [0.5, 0.6) is 0 Å². The van der Waals surface area contributed by atoms with Gasteiger partial charge in [0.2, 0.25) is 0 Å². The third-order valence-corrected chi connectivity index (χ3v) is 4.72. The highest BCUT2D eigenvalue weighted by Gasteiger charge is 2.32. The Morgan fingerprint density at radius 2 is 2.17 bits per heavy atom. The highest BCUT2D eigenvalue weighted by atomic mass is 79.9. The molecule has 1 saturated carbocycles. The first kappa shape index (κ1) is 12.2. The van der Waals surface area contributed by atoms with Crippen molar-refractivity contribution in [1.29, 1.82) is 0 Å². The van der Waals surface area contributed by atoms with Crippen LogP contribution in [0.25, 0.3) is 0 Å². The van der Waals surface area contributed by atoms with Gasteiger partial charge >= 0.3 is 0 Å². The Balaban J connectivity index is 1.84. The summed E-state index contributed by atoms with van der Waals surface area (Å²) >= 11 is 5.42. The summed E-state index contributed by atoms with van der Waals surface area (Å²) in [4.78, 5) is 1.45. The molecule has 0 saturated heterocycles. The van der Waals surface area contributed by atoms with E-state index in [1.807, 2.05) is 11.3 Å². The number of anilines is 1. The van der Waals surface area contributed by atoms with Crippen molar-refractivity contribution in [3.8, 4) is 0 Å². The molecule has 94 valence electrons. The van der Waals surface area contributed by atoms with Gasteiger partial charge in [-0.3, -0.25) is 0 Å². The number of hydrogen-bond acceptors (Lipinski definition) is 2. The van der Waals surface area contributed by atoms with E-state index in [9.17, 15) is 0 Å². The molecule has 1 aromatic heterocycles. The minimum atomic E-state index is 0.485. The van der Waals surface area contributed by atoms with Gasteiger partial charge in [0.15, 0.2) is 0 Å². The summed E-state index contributed by atoms with van der Waals surface area (Å²) in [6.07, 6.45) is 2.70. The largest absolute Gasteiger partial charge is 0.377 e. The molecule has 1 aliphatic carbocycles. The number of thiophene rings is 1. The van der Waals surface area contributed by atoms with E-state index in [4.69, 9.17) is 0 Å². The van der Waals surface area contributed by atoms with Crippen LogP contribution in [0, 0.1) is 12.8 Å². The van der Waals surface area contributed by atoms with Gasteiger partial charge in [0, 0.05) is 15.0 Å². The van der Waals surface area contributed by atoms with Gasteiger partial charge < -0.3 is 5.32 Å². The summed E-state index contributed by atoms with van der Waals surface area (Å²) in [7, 11) is 0. The van der Waals surface area contributed by atoms with Crippen molar-refractivity contribution >= 4 is 33.0 Å². The molecule has 0 aliphatic heterocycles. The number of nitrogens with one attached hydrogen (secondary N) is 1. The fourth-order valence-corrected chi connectivity index (χ4v) is 3.80. The van der Waals surface area contributed by atoms with E-state index < -0.39 is 0 Å². The van der Waals surface area contributed by atoms with Crippen LogP contribution in [-0.2, 0) is 0 Å². The van der Waals surface area contributed by atoms with Gasteiger partial charge in [-0.05, 0) is 60.9 Å². The molecule has 0 spiro atoms. The van der Waals surface area contributed by atoms with Crippen molar-refractivity contribution < 1.29 is 0 Å². The van der Waals surface area contributed by atoms with E-state index in [0.29, 0.717) is 6.04 Å². The summed E-state index contributed by atoms with van der Waals surface area (Å²) in [5.41, 5.74) is 2.50. The second-order valence-corrected chi connectivity index (χ2v) is 6.89. The summed E-state index contributed by atoms with van der Waals surface area (Å²) in [5.74, 6) is 0.808. The van der Waals surface area contributed by atoms with Gasteiger partial charge in [-0.2, -0.15) is 0 Å². The van der Waals surface area contributed by atoms with E-state index in [2.05, 4.69) is 63.9 Å². The molecule has 1 unspecified atom stereocenters. The molecule has 1 atom stereocenters. The molecule has 1 heterocycles. The molecule has 0 radical (unpaired) electrons. The fraction of sp³-hybridized carbons (Fsp3) is 0.333. The van der Waals surface area contributed by atoms with Crippen LogP contribution in [0.15, 0.2) is 40.2 Å². The monoisotopic (exact) mass is 321 g/mol. The number of aryl methyl sites for hydroxylation is 1. The summed E-state index contributed by atoms with van der Waals surface area (Å²) in [5, 5.41) is 5.87. The van der Waals surface area contributed by atoms with Crippen LogP contribution < -0.4 is 5.32 Å². The standard InChI is InChI=1S/C15H16BrNS/c1-10-7-12(16)9-13(8-10)17-15(11-4-5-11)14-3-2-6-18-14/h2-3,6-9,11,15,17H,4-5H2,1H3. The Labute approximate surface area is 120 Å². The van der Waals surface area contributed by atoms with Crippen LogP contribution in [0.4, 0.5) is 5.69 Å². The van der Waals surface area contributed by atoms with Crippen LogP contribution in [0.3, 0.4) is 0 Å². The summed E-state index contributed by atoms with van der Waals surface area (Å²) in [6, 6.07) is 11.4. The highest BCUT2D eigenvalue weighted by Crippen LogP contribution is 2.44. The second kappa shape index (κ2) is 5.06. The van der Waals surface area contributed by atoms with Crippen molar-refractivity contribution in [2.45, 2.75) is 25.8 Å². The average molecular weight is 322 g/mol. The molecule has 1 nitrogen and oxygen atoms in total. The van der Waals surface area contributed by atoms with Crippen LogP contribution >= 0.6 is 27.3 Å². The lowest BCUT2D eigenvalue weighted by Gasteiger charge is -2.19. The van der Waals surface area contributed by atoms with Crippen molar-refractivity contribution in [1.82, 2.24) is 0 Å². The Hall–Kier alpha value is -0.800. The predicted molar refractivity (Wildman–Crippen MR) is 82.3 cm³/mol. The molecule has 1 aliphatic rings. The Morgan fingerprint density at radius 3 is 2.78 bits per heavy atom. The maximum absolute atomic E-state index is 3.71. The van der Waals surface area contributed by atoms with Crippen LogP contribution in [0.1, 0.15) is 29.3 Å². The quantitative estimate of drug-likeness (QED) is 0.796. The second-order valence-electron chi connectivity index (χ2n) is 4.99. The van der Waals surface area contributed by atoms with Crippen LogP contribution in [0.2, 0.25) is 0 Å². The molecule has 1 aromatic carbocycles. The number of benzene rings is 1. The van der Waals surface area contributed by atoms with Crippen molar-refractivity contribution in [3.63, 3.8) is 0 Å². The van der Waals surface area contributed by atoms with Gasteiger partial charge in [0.25, 0.3) is 0 Å². The zero-order valence-corrected chi connectivity index (χ0v) is 12.7. The first-order valence-electron chi connectivity index (χ1n) is 6.29. The number of hydrogen-bond donors (Lipinski definition) is 1. The predicted octanol–water partition coefficient (Wildman–Crippen LogP) is 5.38. The van der Waals surface area contributed by atoms with E-state index in [1.54, 1.807) is 0 Å². The van der Waals surface area contributed by atoms with Gasteiger partial charge in [0.05, 0.1) is 6.04 Å². The van der Waals surface area contributed by atoms with Gasteiger partial charge in [0.1, 0.15) is 0 Å². The molecule has 2 aromatic rings. The molecule has 3 heteroatoms. The zero-order chi connectivity index (χ0) is 12.5.